The van der Waals surface area contributed by atoms with E-state index in [0.29, 0.717) is 0 Å². The highest BCUT2D eigenvalue weighted by molar-refractivity contribution is 5.32. The summed E-state index contributed by atoms with van der Waals surface area (Å²) >= 11 is 0. The molecule has 1 aromatic rings. The van der Waals surface area contributed by atoms with Crippen LogP contribution in [0.15, 0.2) is 6.20 Å². The van der Waals surface area contributed by atoms with Crippen molar-refractivity contribution in [1.82, 2.24) is 20.2 Å². The molecule has 0 aliphatic carbocycles. The van der Waals surface area contributed by atoms with Crippen molar-refractivity contribution in [2.45, 2.75) is 33.2 Å². The molecule has 0 saturated carbocycles. The van der Waals surface area contributed by atoms with Crippen LogP contribution in [0.1, 0.15) is 31.0 Å². The molecular formula is C16H29N5. The molecule has 1 N–H and O–H groups in total. The Labute approximate surface area is 128 Å². The number of aryl methyl sites for hydroxylation is 1. The van der Waals surface area contributed by atoms with Crippen molar-refractivity contribution >= 4 is 5.95 Å². The third-order valence-corrected chi connectivity index (χ3v) is 4.17. The molecule has 2 heterocycles. The highest BCUT2D eigenvalue weighted by atomic mass is 15.2. The number of nitrogens with one attached hydrogen (secondary N) is 1. The lowest BCUT2D eigenvalue weighted by atomic mass is 10.1. The zero-order valence-corrected chi connectivity index (χ0v) is 13.9. The third-order valence-electron chi connectivity index (χ3n) is 4.17. The largest absolute Gasteiger partial charge is 0.344 e. The number of hydrogen-bond acceptors (Lipinski definition) is 5. The van der Waals surface area contributed by atoms with Crippen LogP contribution in [0, 0.1) is 12.8 Å². The predicted octanol–water partition coefficient (Wildman–Crippen LogP) is 1.67. The van der Waals surface area contributed by atoms with Crippen LogP contribution < -0.4 is 10.2 Å². The van der Waals surface area contributed by atoms with Gasteiger partial charge in [0, 0.05) is 44.1 Å². The number of nitrogens with zero attached hydrogens (tertiary/aromatic N) is 4. The number of aromatic nitrogens is 2. The van der Waals surface area contributed by atoms with Crippen molar-refractivity contribution in [3.63, 3.8) is 0 Å². The summed E-state index contributed by atoms with van der Waals surface area (Å²) in [6.07, 6.45) is 4.40. The summed E-state index contributed by atoms with van der Waals surface area (Å²) in [6.45, 7) is 9.58. The molecule has 5 heteroatoms. The van der Waals surface area contributed by atoms with Gasteiger partial charge in [0.25, 0.3) is 0 Å². The van der Waals surface area contributed by atoms with Gasteiger partial charge >= 0.3 is 0 Å². The van der Waals surface area contributed by atoms with Gasteiger partial charge in [-0.3, -0.25) is 0 Å². The van der Waals surface area contributed by atoms with Crippen LogP contribution >= 0.6 is 0 Å². The van der Waals surface area contributed by atoms with Crippen molar-refractivity contribution in [3.05, 3.63) is 17.5 Å². The summed E-state index contributed by atoms with van der Waals surface area (Å²) in [5, 5.41) is 3.41. The normalized spacial score (nSPS) is 19.1. The van der Waals surface area contributed by atoms with Crippen LogP contribution in [0.25, 0.3) is 0 Å². The van der Waals surface area contributed by atoms with Gasteiger partial charge in [0.2, 0.25) is 5.95 Å². The summed E-state index contributed by atoms with van der Waals surface area (Å²) in [5.74, 6) is 1.58. The van der Waals surface area contributed by atoms with E-state index in [9.17, 15) is 0 Å². The predicted molar refractivity (Wildman–Crippen MR) is 87.6 cm³/mol. The first-order valence-corrected chi connectivity index (χ1v) is 8.03. The van der Waals surface area contributed by atoms with E-state index in [1.165, 1.54) is 25.1 Å². The van der Waals surface area contributed by atoms with Crippen molar-refractivity contribution < 1.29 is 0 Å². The minimum Gasteiger partial charge on any atom is -0.344 e. The van der Waals surface area contributed by atoms with Gasteiger partial charge in [0.1, 0.15) is 0 Å². The first-order chi connectivity index (χ1) is 10.1. The molecule has 5 nitrogen and oxygen atoms in total. The highest BCUT2D eigenvalue weighted by Gasteiger charge is 2.21. The van der Waals surface area contributed by atoms with Crippen LogP contribution in [0.5, 0.6) is 0 Å². The molecule has 0 spiro atoms. The lowest BCUT2D eigenvalue weighted by molar-refractivity contribution is 0.395. The van der Waals surface area contributed by atoms with E-state index in [4.69, 9.17) is 0 Å². The highest BCUT2D eigenvalue weighted by Crippen LogP contribution is 2.18. The van der Waals surface area contributed by atoms with E-state index in [2.05, 4.69) is 53.0 Å². The number of hydrogen-bond donors (Lipinski definition) is 1. The summed E-state index contributed by atoms with van der Waals surface area (Å²) in [5.41, 5.74) is 2.28. The number of likely N-dealkylation sites (tertiary alicyclic amines) is 1. The first kappa shape index (κ1) is 16.2. The zero-order chi connectivity index (χ0) is 15.2. The monoisotopic (exact) mass is 291 g/mol. The van der Waals surface area contributed by atoms with E-state index in [0.717, 1.165) is 43.6 Å². The van der Waals surface area contributed by atoms with E-state index in [1.807, 2.05) is 6.20 Å². The maximum Gasteiger partial charge on any atom is 0.225 e. The number of anilines is 1. The molecule has 2 rings (SSSR count). The molecule has 1 aliphatic heterocycles. The van der Waals surface area contributed by atoms with E-state index in [1.54, 1.807) is 0 Å². The zero-order valence-electron chi connectivity index (χ0n) is 13.9. The minimum absolute atomic E-state index is 0.731. The van der Waals surface area contributed by atoms with Crippen molar-refractivity contribution in [2.75, 3.05) is 45.2 Å². The first-order valence-electron chi connectivity index (χ1n) is 8.03. The molecule has 0 bridgehead atoms. The molecule has 0 aromatic carbocycles. The molecule has 0 radical (unpaired) electrons. The van der Waals surface area contributed by atoms with Gasteiger partial charge in [-0.1, -0.05) is 6.92 Å². The van der Waals surface area contributed by atoms with Gasteiger partial charge in [0.15, 0.2) is 0 Å². The Balaban J connectivity index is 1.92. The molecule has 0 amide bonds. The maximum absolute atomic E-state index is 4.67. The van der Waals surface area contributed by atoms with Crippen molar-refractivity contribution in [3.8, 4) is 0 Å². The lowest BCUT2D eigenvalue weighted by Gasteiger charge is -2.21. The molecule has 1 saturated heterocycles. The van der Waals surface area contributed by atoms with Crippen molar-refractivity contribution in [2.24, 2.45) is 5.92 Å². The average Bonchev–Trinajstić information content (AvgIpc) is 2.86. The molecule has 1 atom stereocenters. The fourth-order valence-corrected chi connectivity index (χ4v) is 2.88. The Bertz CT molecular complexity index is 448. The SMILES string of the molecule is CCCNCc1cnc(N(C)CC2CCN(C)C2)nc1C. The Kier molecular flexibility index (Phi) is 5.94. The van der Waals surface area contributed by atoms with E-state index >= 15 is 0 Å². The topological polar surface area (TPSA) is 44.3 Å². The average molecular weight is 291 g/mol. The molecule has 21 heavy (non-hydrogen) atoms. The molecule has 1 aromatic heterocycles. The van der Waals surface area contributed by atoms with E-state index < -0.39 is 0 Å². The van der Waals surface area contributed by atoms with Crippen LogP contribution in [0.3, 0.4) is 0 Å². The summed E-state index contributed by atoms with van der Waals surface area (Å²) in [7, 11) is 4.29. The third kappa shape index (κ3) is 4.64. The van der Waals surface area contributed by atoms with Crippen LogP contribution in [0.2, 0.25) is 0 Å². The second-order valence-corrected chi connectivity index (χ2v) is 6.25. The molecule has 1 fully saturated rings. The summed E-state index contributed by atoms with van der Waals surface area (Å²) in [4.78, 5) is 13.8. The Morgan fingerprint density at radius 1 is 1.48 bits per heavy atom. The standard InChI is InChI=1S/C16H29N5/c1-5-7-17-9-15-10-18-16(19-13(15)2)21(4)12-14-6-8-20(3)11-14/h10,14,17H,5-9,11-12H2,1-4H3. The van der Waals surface area contributed by atoms with Gasteiger partial charge < -0.3 is 15.1 Å². The lowest BCUT2D eigenvalue weighted by Crippen LogP contribution is -2.29. The Morgan fingerprint density at radius 2 is 2.29 bits per heavy atom. The summed E-state index contributed by atoms with van der Waals surface area (Å²) in [6, 6.07) is 0. The maximum atomic E-state index is 4.67. The van der Waals surface area contributed by atoms with Crippen LogP contribution in [0.4, 0.5) is 5.95 Å². The van der Waals surface area contributed by atoms with Crippen LogP contribution in [-0.2, 0) is 6.54 Å². The second-order valence-electron chi connectivity index (χ2n) is 6.25. The molecule has 1 unspecified atom stereocenters. The van der Waals surface area contributed by atoms with Gasteiger partial charge in [-0.15, -0.1) is 0 Å². The van der Waals surface area contributed by atoms with E-state index in [-0.39, 0.29) is 0 Å². The minimum atomic E-state index is 0.731. The fourth-order valence-electron chi connectivity index (χ4n) is 2.88. The van der Waals surface area contributed by atoms with Crippen LogP contribution in [-0.4, -0.2) is 55.1 Å². The summed E-state index contributed by atoms with van der Waals surface area (Å²) < 4.78 is 0. The Hall–Kier alpha value is -1.20. The quantitative estimate of drug-likeness (QED) is 0.774. The van der Waals surface area contributed by atoms with Gasteiger partial charge in [-0.05, 0) is 45.8 Å². The Morgan fingerprint density at radius 3 is 2.90 bits per heavy atom. The number of rotatable bonds is 7. The van der Waals surface area contributed by atoms with Gasteiger partial charge in [0.05, 0.1) is 0 Å². The van der Waals surface area contributed by atoms with Crippen molar-refractivity contribution in [1.29, 1.82) is 0 Å². The fraction of sp³-hybridized carbons (Fsp3) is 0.750. The molecule has 118 valence electrons. The molecule has 1 aliphatic rings. The molecular weight excluding hydrogens is 262 g/mol. The van der Waals surface area contributed by atoms with Gasteiger partial charge in [-0.25, -0.2) is 9.97 Å². The second kappa shape index (κ2) is 7.71. The van der Waals surface area contributed by atoms with Gasteiger partial charge in [-0.2, -0.15) is 0 Å². The smallest absolute Gasteiger partial charge is 0.225 e.